The van der Waals surface area contributed by atoms with Gasteiger partial charge in [-0.3, -0.25) is 10.1 Å². The minimum Gasteiger partial charge on any atom is -0.479 e. The minimum atomic E-state index is -2.13. The van der Waals surface area contributed by atoms with Gasteiger partial charge in [0.1, 0.15) is 11.2 Å². The molecule has 0 saturated heterocycles. The summed E-state index contributed by atoms with van der Waals surface area (Å²) in [6.07, 6.45) is -1.18. The molecule has 10 heteroatoms. The number of nitro groups is 1. The highest BCUT2D eigenvalue weighted by Gasteiger charge is 2.52. The van der Waals surface area contributed by atoms with Crippen molar-refractivity contribution in [1.29, 1.82) is 0 Å². The standard InChI is InChI=1S/C23H32N2O8/c1-21(2,3)32-19(28)25(20(29)33-22(4,5)6)23(18(26)27,14-10-11-15-24(30)31)16-17-12-8-7-9-13-17/h7-9,11-13,15H,10,14,16H2,1-6H3,(H,26,27)/t23-/m0/s1. The highest BCUT2D eigenvalue weighted by Crippen LogP contribution is 2.31. The normalized spacial score (nSPS) is 13.8. The Hall–Kier alpha value is -3.43. The van der Waals surface area contributed by atoms with Gasteiger partial charge in [0.05, 0.1) is 4.92 Å². The van der Waals surface area contributed by atoms with Gasteiger partial charge in [-0.15, -0.1) is 0 Å². The summed E-state index contributed by atoms with van der Waals surface area (Å²) in [7, 11) is 0. The number of carboxylic acid groups (broad SMARTS) is 1. The van der Waals surface area contributed by atoms with Gasteiger partial charge >= 0.3 is 18.2 Å². The Morgan fingerprint density at radius 1 is 1.00 bits per heavy atom. The lowest BCUT2D eigenvalue weighted by Crippen LogP contribution is -2.62. The number of carbonyl (C=O) groups is 3. The lowest BCUT2D eigenvalue weighted by molar-refractivity contribution is -0.402. The number of aliphatic carboxylic acids is 1. The Kier molecular flexibility index (Phi) is 9.14. The van der Waals surface area contributed by atoms with Gasteiger partial charge in [-0.2, -0.15) is 4.90 Å². The van der Waals surface area contributed by atoms with Crippen LogP contribution in [0.2, 0.25) is 0 Å². The van der Waals surface area contributed by atoms with E-state index in [1.165, 1.54) is 6.08 Å². The highest BCUT2D eigenvalue weighted by atomic mass is 16.6. The molecule has 0 fully saturated rings. The molecule has 0 spiro atoms. The van der Waals surface area contributed by atoms with Crippen LogP contribution >= 0.6 is 0 Å². The Balaban J connectivity index is 3.64. The van der Waals surface area contributed by atoms with Crippen LogP contribution in [-0.2, 0) is 20.7 Å². The van der Waals surface area contributed by atoms with Gasteiger partial charge in [0.25, 0.3) is 0 Å². The number of nitrogens with zero attached hydrogens (tertiary/aromatic N) is 2. The Morgan fingerprint density at radius 2 is 1.48 bits per heavy atom. The largest absolute Gasteiger partial charge is 0.479 e. The molecule has 1 aromatic carbocycles. The first-order chi connectivity index (χ1) is 15.1. The highest BCUT2D eigenvalue weighted by molar-refractivity contribution is 5.96. The number of allylic oxidation sites excluding steroid dienone is 1. The first-order valence-corrected chi connectivity index (χ1v) is 10.4. The number of benzene rings is 1. The fraction of sp³-hybridized carbons (Fsp3) is 0.522. The zero-order chi connectivity index (χ0) is 25.4. The van der Waals surface area contributed by atoms with Crippen LogP contribution in [-0.4, -0.2) is 49.8 Å². The third kappa shape index (κ3) is 8.91. The summed E-state index contributed by atoms with van der Waals surface area (Å²) >= 11 is 0. The molecule has 182 valence electrons. The van der Waals surface area contributed by atoms with Gasteiger partial charge < -0.3 is 14.6 Å². The predicted molar refractivity (Wildman–Crippen MR) is 120 cm³/mol. The topological polar surface area (TPSA) is 136 Å². The molecule has 0 bridgehead atoms. The summed E-state index contributed by atoms with van der Waals surface area (Å²) in [6, 6.07) is 8.45. The molecular weight excluding hydrogens is 432 g/mol. The summed E-state index contributed by atoms with van der Waals surface area (Å²) in [5.74, 6) is -1.47. The second-order valence-electron chi connectivity index (χ2n) is 9.50. The van der Waals surface area contributed by atoms with Crippen molar-refractivity contribution in [3.05, 3.63) is 58.3 Å². The number of hydrogen-bond donors (Lipinski definition) is 1. The third-order valence-corrected chi connectivity index (χ3v) is 4.27. The Bertz CT molecular complexity index is 856. The van der Waals surface area contributed by atoms with Crippen molar-refractivity contribution < 1.29 is 33.9 Å². The molecule has 1 atom stereocenters. The maximum Gasteiger partial charge on any atom is 0.420 e. The summed E-state index contributed by atoms with van der Waals surface area (Å²) in [4.78, 5) is 49.5. The van der Waals surface area contributed by atoms with E-state index >= 15 is 0 Å². The van der Waals surface area contributed by atoms with Crippen molar-refractivity contribution in [3.8, 4) is 0 Å². The van der Waals surface area contributed by atoms with E-state index in [4.69, 9.17) is 9.47 Å². The summed E-state index contributed by atoms with van der Waals surface area (Å²) in [5, 5.41) is 21.0. The lowest BCUT2D eigenvalue weighted by Gasteiger charge is -2.40. The van der Waals surface area contributed by atoms with Crippen molar-refractivity contribution in [3.63, 3.8) is 0 Å². The molecule has 33 heavy (non-hydrogen) atoms. The van der Waals surface area contributed by atoms with Crippen molar-refractivity contribution in [2.45, 2.75) is 77.5 Å². The molecule has 2 amide bonds. The molecule has 0 radical (unpaired) electrons. The first kappa shape index (κ1) is 27.6. The number of carbonyl (C=O) groups excluding carboxylic acids is 2. The van der Waals surface area contributed by atoms with E-state index in [9.17, 15) is 29.6 Å². The summed E-state index contributed by atoms with van der Waals surface area (Å²) < 4.78 is 10.7. The molecule has 10 nitrogen and oxygen atoms in total. The number of ether oxygens (including phenoxy) is 2. The molecule has 0 heterocycles. The maximum absolute atomic E-state index is 13.2. The average Bonchev–Trinajstić information content (AvgIpc) is 2.62. The van der Waals surface area contributed by atoms with E-state index in [0.29, 0.717) is 16.7 Å². The molecule has 0 aromatic heterocycles. The van der Waals surface area contributed by atoms with Crippen LogP contribution in [0.3, 0.4) is 0 Å². The molecule has 1 rings (SSSR count). The summed E-state index contributed by atoms with van der Waals surface area (Å²) in [6.45, 7) is 9.49. The van der Waals surface area contributed by atoms with Gasteiger partial charge in [0, 0.05) is 6.42 Å². The molecule has 0 saturated carbocycles. The lowest BCUT2D eigenvalue weighted by atomic mass is 9.84. The van der Waals surface area contributed by atoms with E-state index < -0.39 is 39.8 Å². The molecule has 0 aliphatic rings. The molecule has 0 unspecified atom stereocenters. The van der Waals surface area contributed by atoms with Crippen molar-refractivity contribution in [2.24, 2.45) is 0 Å². The molecule has 1 aromatic rings. The fourth-order valence-electron chi connectivity index (χ4n) is 3.01. The smallest absolute Gasteiger partial charge is 0.420 e. The summed E-state index contributed by atoms with van der Waals surface area (Å²) in [5.41, 5.74) is -3.65. The van der Waals surface area contributed by atoms with E-state index in [0.717, 1.165) is 0 Å². The second-order valence-corrected chi connectivity index (χ2v) is 9.50. The van der Waals surface area contributed by atoms with Crippen molar-refractivity contribution in [1.82, 2.24) is 4.90 Å². The predicted octanol–water partition coefficient (Wildman–Crippen LogP) is 4.80. The molecular formula is C23H32N2O8. The van der Waals surface area contributed by atoms with Gasteiger partial charge in [-0.25, -0.2) is 14.4 Å². The number of amides is 2. The number of imide groups is 1. The zero-order valence-corrected chi connectivity index (χ0v) is 19.9. The number of hydrogen-bond acceptors (Lipinski definition) is 7. The van der Waals surface area contributed by atoms with E-state index in [-0.39, 0.29) is 19.3 Å². The number of carboxylic acids is 1. The average molecular weight is 465 g/mol. The first-order valence-electron chi connectivity index (χ1n) is 10.4. The van der Waals surface area contributed by atoms with Crippen LogP contribution in [0.5, 0.6) is 0 Å². The van der Waals surface area contributed by atoms with Crippen molar-refractivity contribution >= 4 is 18.2 Å². The maximum atomic E-state index is 13.2. The number of rotatable bonds is 8. The van der Waals surface area contributed by atoms with E-state index in [1.54, 1.807) is 71.9 Å². The Morgan fingerprint density at radius 3 is 1.88 bits per heavy atom. The van der Waals surface area contributed by atoms with Crippen LogP contribution in [0.4, 0.5) is 9.59 Å². The third-order valence-electron chi connectivity index (χ3n) is 4.27. The van der Waals surface area contributed by atoms with Crippen LogP contribution in [0.1, 0.15) is 59.9 Å². The van der Waals surface area contributed by atoms with E-state index in [1.807, 2.05) is 0 Å². The van der Waals surface area contributed by atoms with Crippen LogP contribution in [0.25, 0.3) is 0 Å². The van der Waals surface area contributed by atoms with Gasteiger partial charge in [-0.1, -0.05) is 30.3 Å². The fourth-order valence-corrected chi connectivity index (χ4v) is 3.01. The van der Waals surface area contributed by atoms with Gasteiger partial charge in [-0.05, 0) is 66.0 Å². The Labute approximate surface area is 193 Å². The molecule has 0 aliphatic carbocycles. The molecule has 0 aliphatic heterocycles. The minimum absolute atomic E-state index is 0.0950. The zero-order valence-electron chi connectivity index (χ0n) is 19.9. The van der Waals surface area contributed by atoms with Crippen LogP contribution < -0.4 is 0 Å². The van der Waals surface area contributed by atoms with E-state index in [2.05, 4.69) is 0 Å². The monoisotopic (exact) mass is 464 g/mol. The molecule has 1 N–H and O–H groups in total. The van der Waals surface area contributed by atoms with Gasteiger partial charge in [0.2, 0.25) is 6.20 Å². The SMILES string of the molecule is CC(C)(C)OC(=O)N(C(=O)OC(C)(C)C)[C@@](CCC=C[N+](=O)[O-])(Cc1ccccc1)C(=O)O. The van der Waals surface area contributed by atoms with Gasteiger partial charge in [0.15, 0.2) is 5.54 Å². The quantitative estimate of drug-likeness (QED) is 0.428. The van der Waals surface area contributed by atoms with Crippen LogP contribution in [0.15, 0.2) is 42.6 Å². The van der Waals surface area contributed by atoms with Crippen molar-refractivity contribution in [2.75, 3.05) is 0 Å². The van der Waals surface area contributed by atoms with Crippen LogP contribution in [0, 0.1) is 10.1 Å². The second kappa shape index (κ2) is 10.9.